The van der Waals surface area contributed by atoms with E-state index < -0.39 is 9.84 Å². The second-order valence-electron chi connectivity index (χ2n) is 8.14. The third kappa shape index (κ3) is 5.54. The summed E-state index contributed by atoms with van der Waals surface area (Å²) < 4.78 is 42.0. The van der Waals surface area contributed by atoms with Crippen LogP contribution in [0.2, 0.25) is 0 Å². The maximum absolute atomic E-state index is 13.7. The minimum atomic E-state index is -3.47. The van der Waals surface area contributed by atoms with Crippen LogP contribution in [0, 0.1) is 0 Å². The molecular weight excluding hydrogens is 514 g/mol. The SMILES string of the molecule is CS(=O)(=O)c1cccc2sc(N(CCN3CCOCC3)C(=O)c3ccc4c(c3)OCCO4)nc12.Cl. The van der Waals surface area contributed by atoms with Crippen molar-refractivity contribution in [2.24, 2.45) is 0 Å². The minimum absolute atomic E-state index is 0. The maximum atomic E-state index is 13.7. The van der Waals surface area contributed by atoms with Gasteiger partial charge in [-0.3, -0.25) is 14.6 Å². The average Bonchev–Trinajstić information content (AvgIpc) is 3.27. The third-order valence-electron chi connectivity index (χ3n) is 5.78. The number of halogens is 1. The van der Waals surface area contributed by atoms with Gasteiger partial charge >= 0.3 is 0 Å². The molecule has 0 bridgehead atoms. The van der Waals surface area contributed by atoms with Crippen molar-refractivity contribution < 1.29 is 27.4 Å². The first-order chi connectivity index (χ1) is 16.4. The predicted molar refractivity (Wildman–Crippen MR) is 136 cm³/mol. The van der Waals surface area contributed by atoms with Crippen molar-refractivity contribution >= 4 is 54.8 Å². The van der Waals surface area contributed by atoms with Crippen molar-refractivity contribution in [2.45, 2.75) is 4.90 Å². The van der Waals surface area contributed by atoms with E-state index in [0.717, 1.165) is 19.3 Å². The van der Waals surface area contributed by atoms with Crippen LogP contribution in [0.1, 0.15) is 10.4 Å². The number of amides is 1. The van der Waals surface area contributed by atoms with Crippen LogP contribution in [0.5, 0.6) is 11.5 Å². The van der Waals surface area contributed by atoms with Crippen molar-refractivity contribution in [3.8, 4) is 11.5 Å². The Balaban J connectivity index is 0.00000289. The lowest BCUT2D eigenvalue weighted by Crippen LogP contribution is -2.43. The number of nitrogens with zero attached hydrogens (tertiary/aromatic N) is 3. The van der Waals surface area contributed by atoms with E-state index in [4.69, 9.17) is 14.2 Å². The maximum Gasteiger partial charge on any atom is 0.260 e. The van der Waals surface area contributed by atoms with Gasteiger partial charge in [0.1, 0.15) is 18.7 Å². The number of carbonyl (C=O) groups excluding carboxylic acids is 1. The molecule has 0 N–H and O–H groups in total. The van der Waals surface area contributed by atoms with Gasteiger partial charge in [-0.05, 0) is 30.3 Å². The number of carbonyl (C=O) groups is 1. The Morgan fingerprint density at radius 1 is 1.09 bits per heavy atom. The number of hydrogen-bond donors (Lipinski definition) is 0. The molecular formula is C23H26ClN3O6S2. The number of fused-ring (bicyclic) bond motifs is 2. The number of sulfone groups is 1. The van der Waals surface area contributed by atoms with E-state index >= 15 is 0 Å². The number of benzene rings is 2. The van der Waals surface area contributed by atoms with E-state index in [9.17, 15) is 13.2 Å². The summed E-state index contributed by atoms with van der Waals surface area (Å²) in [7, 11) is -3.47. The first kappa shape index (κ1) is 25.6. The molecule has 2 aliphatic heterocycles. The van der Waals surface area contributed by atoms with Crippen molar-refractivity contribution in [2.75, 3.05) is 63.8 Å². The van der Waals surface area contributed by atoms with Gasteiger partial charge in [-0.2, -0.15) is 0 Å². The van der Waals surface area contributed by atoms with E-state index in [0.29, 0.717) is 71.9 Å². The highest BCUT2D eigenvalue weighted by Crippen LogP contribution is 2.35. The second kappa shape index (κ2) is 10.7. The van der Waals surface area contributed by atoms with Gasteiger partial charge in [0.15, 0.2) is 26.5 Å². The molecule has 1 fully saturated rings. The summed E-state index contributed by atoms with van der Waals surface area (Å²) in [5, 5.41) is 0.458. The van der Waals surface area contributed by atoms with Crippen LogP contribution >= 0.6 is 23.7 Å². The molecule has 188 valence electrons. The summed E-state index contributed by atoms with van der Waals surface area (Å²) in [6.45, 7) is 4.87. The molecule has 2 aliphatic rings. The Morgan fingerprint density at radius 2 is 1.83 bits per heavy atom. The Labute approximate surface area is 213 Å². The van der Waals surface area contributed by atoms with Crippen LogP contribution in [0.25, 0.3) is 10.2 Å². The first-order valence-electron chi connectivity index (χ1n) is 11.0. The van der Waals surface area contributed by atoms with Gasteiger partial charge in [-0.1, -0.05) is 17.4 Å². The molecule has 3 aromatic rings. The number of morpholine rings is 1. The lowest BCUT2D eigenvalue weighted by atomic mass is 10.1. The Morgan fingerprint density at radius 3 is 2.57 bits per heavy atom. The molecule has 5 rings (SSSR count). The quantitative estimate of drug-likeness (QED) is 0.471. The lowest BCUT2D eigenvalue weighted by molar-refractivity contribution is 0.0391. The molecule has 0 aliphatic carbocycles. The monoisotopic (exact) mass is 539 g/mol. The summed E-state index contributed by atoms with van der Waals surface area (Å²) in [4.78, 5) is 22.3. The third-order valence-corrected chi connectivity index (χ3v) is 7.95. The molecule has 12 heteroatoms. The number of para-hydroxylation sites is 1. The van der Waals surface area contributed by atoms with Gasteiger partial charge in [-0.15, -0.1) is 12.4 Å². The van der Waals surface area contributed by atoms with Crippen LogP contribution in [-0.4, -0.2) is 83.1 Å². The highest BCUT2D eigenvalue weighted by Gasteiger charge is 2.26. The topological polar surface area (TPSA) is 98.3 Å². The van der Waals surface area contributed by atoms with Crippen LogP contribution in [0.15, 0.2) is 41.3 Å². The van der Waals surface area contributed by atoms with Crippen LogP contribution in [-0.2, 0) is 14.6 Å². The van der Waals surface area contributed by atoms with Crippen molar-refractivity contribution in [3.05, 3.63) is 42.0 Å². The highest BCUT2D eigenvalue weighted by molar-refractivity contribution is 7.91. The number of ether oxygens (including phenoxy) is 3. The van der Waals surface area contributed by atoms with Crippen molar-refractivity contribution in [3.63, 3.8) is 0 Å². The van der Waals surface area contributed by atoms with Crippen molar-refractivity contribution in [1.82, 2.24) is 9.88 Å². The molecule has 2 aromatic carbocycles. The summed E-state index contributed by atoms with van der Waals surface area (Å²) >= 11 is 1.30. The second-order valence-corrected chi connectivity index (χ2v) is 11.1. The Kier molecular flexibility index (Phi) is 7.82. The molecule has 1 amide bonds. The van der Waals surface area contributed by atoms with Crippen molar-refractivity contribution in [1.29, 1.82) is 0 Å². The van der Waals surface area contributed by atoms with Gasteiger partial charge in [-0.25, -0.2) is 13.4 Å². The van der Waals surface area contributed by atoms with E-state index in [1.165, 1.54) is 11.3 Å². The van der Waals surface area contributed by atoms with E-state index in [2.05, 4.69) is 9.88 Å². The largest absolute Gasteiger partial charge is 0.486 e. The average molecular weight is 540 g/mol. The lowest BCUT2D eigenvalue weighted by Gasteiger charge is -2.29. The number of thiazole rings is 1. The van der Waals surface area contributed by atoms with Crippen LogP contribution < -0.4 is 14.4 Å². The fourth-order valence-corrected chi connectivity index (χ4v) is 5.92. The standard InChI is InChI=1S/C23H25N3O6S2.ClH/c1-34(28,29)20-4-2-3-19-21(20)24-23(33-19)26(8-7-25-9-11-30-12-10-25)22(27)16-5-6-17-18(15-16)32-14-13-31-17;/h2-6,15H,7-14H2,1H3;1H. The van der Waals surface area contributed by atoms with Crippen LogP contribution in [0.4, 0.5) is 5.13 Å². The summed E-state index contributed by atoms with van der Waals surface area (Å²) in [6.07, 6.45) is 1.16. The normalized spacial score (nSPS) is 16.0. The molecule has 0 spiro atoms. The van der Waals surface area contributed by atoms with E-state index in [-0.39, 0.29) is 23.2 Å². The van der Waals surface area contributed by atoms with Gasteiger partial charge < -0.3 is 14.2 Å². The fraction of sp³-hybridized carbons (Fsp3) is 0.391. The molecule has 35 heavy (non-hydrogen) atoms. The predicted octanol–water partition coefficient (Wildman–Crippen LogP) is 2.87. The molecule has 9 nitrogen and oxygen atoms in total. The van der Waals surface area contributed by atoms with Gasteiger partial charge in [0.05, 0.1) is 22.8 Å². The van der Waals surface area contributed by atoms with Gasteiger partial charge in [0.2, 0.25) is 0 Å². The zero-order valence-corrected chi connectivity index (χ0v) is 21.6. The molecule has 1 aromatic heterocycles. The molecule has 0 saturated carbocycles. The van der Waals surface area contributed by atoms with Crippen LogP contribution in [0.3, 0.4) is 0 Å². The minimum Gasteiger partial charge on any atom is -0.486 e. The van der Waals surface area contributed by atoms with E-state index in [1.54, 1.807) is 35.2 Å². The molecule has 1 saturated heterocycles. The number of aromatic nitrogens is 1. The summed E-state index contributed by atoms with van der Waals surface area (Å²) in [5.41, 5.74) is 0.838. The Hall–Kier alpha value is -2.44. The summed E-state index contributed by atoms with van der Waals surface area (Å²) in [6, 6.07) is 10.2. The smallest absolute Gasteiger partial charge is 0.260 e. The highest BCUT2D eigenvalue weighted by atomic mass is 35.5. The molecule has 3 heterocycles. The zero-order valence-electron chi connectivity index (χ0n) is 19.1. The number of rotatable bonds is 6. The summed E-state index contributed by atoms with van der Waals surface area (Å²) in [5.74, 6) is 0.916. The van der Waals surface area contributed by atoms with Gasteiger partial charge in [0, 0.05) is 38.0 Å². The number of anilines is 1. The van der Waals surface area contributed by atoms with E-state index in [1.807, 2.05) is 6.07 Å². The molecule has 0 atom stereocenters. The Bertz CT molecular complexity index is 1320. The molecule has 0 radical (unpaired) electrons. The fourth-order valence-electron chi connectivity index (χ4n) is 4.01. The molecule has 0 unspecified atom stereocenters. The number of hydrogen-bond acceptors (Lipinski definition) is 9. The van der Waals surface area contributed by atoms with Gasteiger partial charge in [0.25, 0.3) is 5.91 Å². The zero-order chi connectivity index (χ0) is 23.7. The first-order valence-corrected chi connectivity index (χ1v) is 13.7.